The molecule has 2 fully saturated rings. The molecule has 0 spiro atoms. The monoisotopic (exact) mass is 304 g/mol. The summed E-state index contributed by atoms with van der Waals surface area (Å²) in [4.78, 5) is 25.7. The number of hydrogen-bond donors (Lipinski definition) is 1. The van der Waals surface area contributed by atoms with Gasteiger partial charge in [-0.15, -0.1) is 0 Å². The van der Waals surface area contributed by atoms with Gasteiger partial charge in [-0.1, -0.05) is 12.1 Å². The van der Waals surface area contributed by atoms with Crippen molar-refractivity contribution in [2.24, 2.45) is 5.92 Å². The van der Waals surface area contributed by atoms with Gasteiger partial charge in [-0.25, -0.2) is 4.39 Å². The average Bonchev–Trinajstić information content (AvgIpc) is 3.26. The first kappa shape index (κ1) is 15.0. The van der Waals surface area contributed by atoms with Crippen molar-refractivity contribution in [2.75, 3.05) is 13.1 Å². The smallest absolute Gasteiger partial charge is 0.223 e. The molecular weight excluding hydrogens is 283 g/mol. The molecule has 0 bridgehead atoms. The molecule has 1 N–H and O–H groups in total. The first-order valence-corrected chi connectivity index (χ1v) is 7.92. The van der Waals surface area contributed by atoms with Crippen molar-refractivity contribution in [3.05, 3.63) is 35.6 Å². The molecule has 3 rings (SSSR count). The van der Waals surface area contributed by atoms with Crippen molar-refractivity contribution in [3.63, 3.8) is 0 Å². The van der Waals surface area contributed by atoms with E-state index in [0.29, 0.717) is 31.8 Å². The molecule has 4 nitrogen and oxygen atoms in total. The molecule has 0 radical (unpaired) electrons. The van der Waals surface area contributed by atoms with Gasteiger partial charge in [-0.3, -0.25) is 9.59 Å². The Hall–Kier alpha value is -1.91. The van der Waals surface area contributed by atoms with Crippen LogP contribution in [-0.2, 0) is 16.0 Å². The summed E-state index contributed by atoms with van der Waals surface area (Å²) < 4.78 is 13.1. The number of aryl methyl sites for hydroxylation is 1. The minimum Gasteiger partial charge on any atom is -0.356 e. The van der Waals surface area contributed by atoms with Crippen molar-refractivity contribution in [1.82, 2.24) is 10.2 Å². The van der Waals surface area contributed by atoms with Crippen LogP contribution in [0, 0.1) is 11.7 Å². The second-order valence-electron chi connectivity index (χ2n) is 6.28. The lowest BCUT2D eigenvalue weighted by Gasteiger charge is -2.15. The molecule has 1 aliphatic heterocycles. The second kappa shape index (κ2) is 6.46. The Morgan fingerprint density at radius 3 is 2.91 bits per heavy atom. The molecule has 1 saturated heterocycles. The third kappa shape index (κ3) is 3.84. The topological polar surface area (TPSA) is 49.4 Å². The molecule has 1 aromatic rings. The SMILES string of the molecule is O=C(CCc1cccc(F)c1)NCC1CC(=O)N(C2CC2)C1. The summed E-state index contributed by atoms with van der Waals surface area (Å²) in [5.74, 6) is 0.136. The zero-order valence-corrected chi connectivity index (χ0v) is 12.6. The zero-order valence-electron chi connectivity index (χ0n) is 12.6. The Bertz CT molecular complexity index is 572. The number of nitrogens with one attached hydrogen (secondary N) is 1. The highest BCUT2D eigenvalue weighted by Gasteiger charge is 2.39. The number of likely N-dealkylation sites (tertiary alicyclic amines) is 1. The van der Waals surface area contributed by atoms with E-state index < -0.39 is 0 Å². The molecule has 1 heterocycles. The number of nitrogens with zero attached hydrogens (tertiary/aromatic N) is 1. The van der Waals surface area contributed by atoms with Crippen molar-refractivity contribution in [2.45, 2.75) is 38.1 Å². The Morgan fingerprint density at radius 2 is 2.18 bits per heavy atom. The number of hydrogen-bond acceptors (Lipinski definition) is 2. The van der Waals surface area contributed by atoms with Crippen molar-refractivity contribution in [1.29, 1.82) is 0 Å². The number of rotatable bonds is 6. The first-order chi connectivity index (χ1) is 10.6. The van der Waals surface area contributed by atoms with E-state index in [9.17, 15) is 14.0 Å². The van der Waals surface area contributed by atoms with Crippen molar-refractivity contribution >= 4 is 11.8 Å². The largest absolute Gasteiger partial charge is 0.356 e. The summed E-state index contributed by atoms with van der Waals surface area (Å²) in [5, 5.41) is 2.90. The third-order valence-corrected chi connectivity index (χ3v) is 4.34. The van der Waals surface area contributed by atoms with Gasteiger partial charge >= 0.3 is 0 Å². The maximum absolute atomic E-state index is 13.1. The summed E-state index contributed by atoms with van der Waals surface area (Å²) in [6.07, 6.45) is 3.66. The van der Waals surface area contributed by atoms with Gasteiger partial charge in [-0.05, 0) is 37.0 Å². The average molecular weight is 304 g/mol. The predicted octanol–water partition coefficient (Wildman–Crippen LogP) is 1.89. The lowest BCUT2D eigenvalue weighted by atomic mass is 10.1. The van der Waals surface area contributed by atoms with E-state index in [0.717, 1.165) is 24.9 Å². The Kier molecular flexibility index (Phi) is 4.41. The van der Waals surface area contributed by atoms with Crippen LogP contribution in [0.4, 0.5) is 4.39 Å². The van der Waals surface area contributed by atoms with Gasteiger partial charge in [0.15, 0.2) is 0 Å². The number of halogens is 1. The molecule has 118 valence electrons. The zero-order chi connectivity index (χ0) is 15.5. The van der Waals surface area contributed by atoms with Gasteiger partial charge in [0.1, 0.15) is 5.82 Å². The van der Waals surface area contributed by atoms with Crippen LogP contribution >= 0.6 is 0 Å². The number of benzene rings is 1. The Labute approximate surface area is 129 Å². The van der Waals surface area contributed by atoms with E-state index >= 15 is 0 Å². The van der Waals surface area contributed by atoms with E-state index in [2.05, 4.69) is 5.32 Å². The number of carbonyl (C=O) groups excluding carboxylic acids is 2. The van der Waals surface area contributed by atoms with Crippen LogP contribution in [0.15, 0.2) is 24.3 Å². The molecule has 0 aromatic heterocycles. The van der Waals surface area contributed by atoms with Gasteiger partial charge in [-0.2, -0.15) is 0 Å². The summed E-state index contributed by atoms with van der Waals surface area (Å²) in [6.45, 7) is 1.32. The molecule has 1 unspecified atom stereocenters. The van der Waals surface area contributed by atoms with Gasteiger partial charge < -0.3 is 10.2 Å². The minimum atomic E-state index is -0.275. The van der Waals surface area contributed by atoms with E-state index in [-0.39, 0.29) is 23.5 Å². The molecule has 1 aromatic carbocycles. The van der Waals surface area contributed by atoms with E-state index in [4.69, 9.17) is 0 Å². The Morgan fingerprint density at radius 1 is 1.36 bits per heavy atom. The molecule has 5 heteroatoms. The van der Waals surface area contributed by atoms with Crippen LogP contribution in [0.5, 0.6) is 0 Å². The standard InChI is InChI=1S/C17H21FN2O2/c18-14-3-1-2-12(8-14)4-7-16(21)19-10-13-9-17(22)20(11-13)15-5-6-15/h1-3,8,13,15H,4-7,9-11H2,(H,19,21). The van der Waals surface area contributed by atoms with Crippen molar-refractivity contribution in [3.8, 4) is 0 Å². The quantitative estimate of drug-likeness (QED) is 0.872. The summed E-state index contributed by atoms with van der Waals surface area (Å²) >= 11 is 0. The summed E-state index contributed by atoms with van der Waals surface area (Å²) in [6, 6.07) is 6.78. The molecule has 1 aliphatic carbocycles. The molecule has 1 saturated carbocycles. The fourth-order valence-corrected chi connectivity index (χ4v) is 2.98. The minimum absolute atomic E-state index is 0.0402. The van der Waals surface area contributed by atoms with E-state index in [1.165, 1.54) is 12.1 Å². The maximum Gasteiger partial charge on any atom is 0.223 e. The van der Waals surface area contributed by atoms with Crippen LogP contribution in [0.1, 0.15) is 31.2 Å². The van der Waals surface area contributed by atoms with Crippen LogP contribution in [0.3, 0.4) is 0 Å². The highest BCUT2D eigenvalue weighted by molar-refractivity contribution is 5.80. The number of carbonyl (C=O) groups is 2. The van der Waals surface area contributed by atoms with Gasteiger partial charge in [0.2, 0.25) is 11.8 Å². The molecule has 1 atom stereocenters. The highest BCUT2D eigenvalue weighted by Crippen LogP contribution is 2.32. The summed E-state index contributed by atoms with van der Waals surface area (Å²) in [5.41, 5.74) is 0.825. The number of amides is 2. The van der Waals surface area contributed by atoms with Crippen LogP contribution in [-0.4, -0.2) is 35.8 Å². The summed E-state index contributed by atoms with van der Waals surface area (Å²) in [7, 11) is 0. The normalized spacial score (nSPS) is 21.2. The maximum atomic E-state index is 13.1. The van der Waals surface area contributed by atoms with E-state index in [1.807, 2.05) is 11.0 Å². The van der Waals surface area contributed by atoms with Crippen molar-refractivity contribution < 1.29 is 14.0 Å². The second-order valence-corrected chi connectivity index (χ2v) is 6.28. The lowest BCUT2D eigenvalue weighted by Crippen LogP contribution is -2.32. The fraction of sp³-hybridized carbons (Fsp3) is 0.529. The van der Waals surface area contributed by atoms with E-state index in [1.54, 1.807) is 6.07 Å². The first-order valence-electron chi connectivity index (χ1n) is 7.92. The van der Waals surface area contributed by atoms with Crippen LogP contribution < -0.4 is 5.32 Å². The van der Waals surface area contributed by atoms with Crippen LogP contribution in [0.2, 0.25) is 0 Å². The Balaban J connectivity index is 1.38. The predicted molar refractivity (Wildman–Crippen MR) is 80.6 cm³/mol. The molecule has 2 amide bonds. The highest BCUT2D eigenvalue weighted by atomic mass is 19.1. The van der Waals surface area contributed by atoms with Crippen LogP contribution in [0.25, 0.3) is 0 Å². The van der Waals surface area contributed by atoms with Gasteiger partial charge in [0, 0.05) is 37.9 Å². The molecule has 22 heavy (non-hydrogen) atoms. The third-order valence-electron chi connectivity index (χ3n) is 4.34. The lowest BCUT2D eigenvalue weighted by molar-refractivity contribution is -0.128. The van der Waals surface area contributed by atoms with Gasteiger partial charge in [0.05, 0.1) is 0 Å². The fourth-order valence-electron chi connectivity index (χ4n) is 2.98. The van der Waals surface area contributed by atoms with Gasteiger partial charge in [0.25, 0.3) is 0 Å². The molecular formula is C17H21FN2O2. The molecule has 2 aliphatic rings.